The summed E-state index contributed by atoms with van der Waals surface area (Å²) >= 11 is 0.440. The quantitative estimate of drug-likeness (QED) is 0.740. The van der Waals surface area contributed by atoms with E-state index < -0.39 is 0 Å². The molecule has 0 saturated carbocycles. The Morgan fingerprint density at radius 2 is 2.00 bits per heavy atom. The van der Waals surface area contributed by atoms with Crippen LogP contribution in [0.3, 0.4) is 0 Å². The fraction of sp³-hybridized carbons (Fsp3) is 0.333. The van der Waals surface area contributed by atoms with Crippen molar-refractivity contribution in [1.82, 2.24) is 0 Å². The number of hydrogen-bond donors (Lipinski definition) is 1. The molecule has 1 rings (SSSR count). The Hall–Kier alpha value is -0.301. The number of rotatable bonds is 3. The van der Waals surface area contributed by atoms with Gasteiger partial charge in [0.2, 0.25) is 0 Å². The van der Waals surface area contributed by atoms with Crippen LogP contribution in [0, 0.1) is 0 Å². The van der Waals surface area contributed by atoms with Crippen LogP contribution in [0.1, 0.15) is 6.92 Å². The van der Waals surface area contributed by atoms with Gasteiger partial charge >= 0.3 is 73.2 Å². The van der Waals surface area contributed by atoms with Crippen LogP contribution in [0.5, 0.6) is 0 Å². The first-order valence-corrected chi connectivity index (χ1v) is 5.72. The Balaban J connectivity index is 2.39. The topological polar surface area (TPSA) is 20.2 Å². The number of hydrogen-bond acceptors (Lipinski definition) is 1. The Bertz CT molecular complexity index is 196. The van der Waals surface area contributed by atoms with Gasteiger partial charge in [-0.3, -0.25) is 0 Å². The van der Waals surface area contributed by atoms with E-state index in [0.717, 1.165) is 5.32 Å². The molecule has 0 aliphatic carbocycles. The van der Waals surface area contributed by atoms with Crippen LogP contribution in [-0.2, 0) is 0 Å². The van der Waals surface area contributed by atoms with Crippen molar-refractivity contribution in [3.63, 3.8) is 0 Å². The molecule has 0 spiro atoms. The monoisotopic (exact) mass is 216 g/mol. The summed E-state index contributed by atoms with van der Waals surface area (Å²) in [6, 6.07) is 10.3. The van der Waals surface area contributed by atoms with Gasteiger partial charge in [0.25, 0.3) is 0 Å². The first-order chi connectivity index (χ1) is 5.29. The molecular formula is C9H12OSe. The zero-order chi connectivity index (χ0) is 8.10. The van der Waals surface area contributed by atoms with Crippen LogP contribution in [0.25, 0.3) is 0 Å². The fourth-order valence-electron chi connectivity index (χ4n) is 0.734. The van der Waals surface area contributed by atoms with Crippen LogP contribution < -0.4 is 4.46 Å². The molecule has 60 valence electrons. The number of aliphatic hydroxyl groups excluding tert-OH is 1. The molecule has 0 aliphatic rings. The van der Waals surface area contributed by atoms with Crippen LogP contribution in [0.2, 0.25) is 5.32 Å². The Kier molecular flexibility index (Phi) is 3.64. The molecular weight excluding hydrogens is 203 g/mol. The average Bonchev–Trinajstić information content (AvgIpc) is 2.03. The van der Waals surface area contributed by atoms with E-state index >= 15 is 0 Å². The third-order valence-electron chi connectivity index (χ3n) is 1.23. The molecule has 0 heterocycles. The molecule has 1 aromatic rings. The molecule has 0 aliphatic heterocycles. The van der Waals surface area contributed by atoms with Gasteiger partial charge in [0.1, 0.15) is 0 Å². The summed E-state index contributed by atoms with van der Waals surface area (Å²) in [6.07, 6.45) is -0.157. The maximum atomic E-state index is 9.03. The van der Waals surface area contributed by atoms with E-state index in [4.69, 9.17) is 5.11 Å². The zero-order valence-electron chi connectivity index (χ0n) is 6.53. The Labute approximate surface area is 73.6 Å². The van der Waals surface area contributed by atoms with Gasteiger partial charge in [-0.1, -0.05) is 0 Å². The molecule has 1 nitrogen and oxygen atoms in total. The minimum atomic E-state index is -0.157. The second kappa shape index (κ2) is 4.55. The van der Waals surface area contributed by atoms with Crippen LogP contribution in [0.4, 0.5) is 0 Å². The molecule has 0 amide bonds. The van der Waals surface area contributed by atoms with Crippen LogP contribution in [-0.4, -0.2) is 26.2 Å². The second-order valence-corrected chi connectivity index (χ2v) is 4.77. The second-order valence-electron chi connectivity index (χ2n) is 2.47. The molecule has 0 radical (unpaired) electrons. The first-order valence-electron chi connectivity index (χ1n) is 3.65. The van der Waals surface area contributed by atoms with Gasteiger partial charge in [0.05, 0.1) is 0 Å². The van der Waals surface area contributed by atoms with Crippen molar-refractivity contribution in [2.75, 3.05) is 0 Å². The average molecular weight is 215 g/mol. The zero-order valence-corrected chi connectivity index (χ0v) is 8.24. The van der Waals surface area contributed by atoms with Crippen molar-refractivity contribution in [2.24, 2.45) is 0 Å². The predicted molar refractivity (Wildman–Crippen MR) is 48.3 cm³/mol. The van der Waals surface area contributed by atoms with Crippen molar-refractivity contribution < 1.29 is 5.11 Å². The van der Waals surface area contributed by atoms with E-state index in [1.807, 2.05) is 25.1 Å². The van der Waals surface area contributed by atoms with Crippen LogP contribution in [0.15, 0.2) is 30.3 Å². The molecule has 1 N–H and O–H groups in total. The van der Waals surface area contributed by atoms with E-state index in [2.05, 4.69) is 12.1 Å². The molecule has 1 aromatic carbocycles. The summed E-state index contributed by atoms with van der Waals surface area (Å²) < 4.78 is 1.36. The van der Waals surface area contributed by atoms with Crippen molar-refractivity contribution in [3.8, 4) is 0 Å². The summed E-state index contributed by atoms with van der Waals surface area (Å²) in [5, 5.41) is 9.94. The molecule has 1 atom stereocenters. The fourth-order valence-corrected chi connectivity index (χ4v) is 2.38. The molecule has 0 fully saturated rings. The molecule has 0 aromatic heterocycles. The third-order valence-corrected chi connectivity index (χ3v) is 3.87. The summed E-state index contributed by atoms with van der Waals surface area (Å²) in [5.41, 5.74) is 0. The van der Waals surface area contributed by atoms with Crippen molar-refractivity contribution >= 4 is 19.4 Å². The van der Waals surface area contributed by atoms with Gasteiger partial charge in [0, 0.05) is 0 Å². The minimum absolute atomic E-state index is 0.157. The van der Waals surface area contributed by atoms with E-state index in [9.17, 15) is 0 Å². The van der Waals surface area contributed by atoms with Crippen molar-refractivity contribution in [2.45, 2.75) is 18.3 Å². The maximum absolute atomic E-state index is 9.03. The summed E-state index contributed by atoms with van der Waals surface area (Å²) in [4.78, 5) is 0. The van der Waals surface area contributed by atoms with Crippen molar-refractivity contribution in [1.29, 1.82) is 0 Å². The molecule has 0 bridgehead atoms. The summed E-state index contributed by atoms with van der Waals surface area (Å²) in [6.45, 7) is 1.84. The summed E-state index contributed by atoms with van der Waals surface area (Å²) in [7, 11) is 0. The Morgan fingerprint density at radius 3 is 2.55 bits per heavy atom. The van der Waals surface area contributed by atoms with Gasteiger partial charge < -0.3 is 0 Å². The van der Waals surface area contributed by atoms with E-state index in [0.29, 0.717) is 15.0 Å². The summed E-state index contributed by atoms with van der Waals surface area (Å²) in [5.74, 6) is 0. The van der Waals surface area contributed by atoms with Crippen LogP contribution >= 0.6 is 0 Å². The molecule has 11 heavy (non-hydrogen) atoms. The standard InChI is InChI=1S/C9H12OSe/c1-8(10)7-11-9-5-3-2-4-6-9/h2-6,8,10H,7H2,1H3/t8-/m1/s1. The van der Waals surface area contributed by atoms with Gasteiger partial charge in [-0.05, 0) is 0 Å². The number of benzene rings is 1. The number of aliphatic hydroxyl groups is 1. The molecule has 2 heteroatoms. The van der Waals surface area contributed by atoms with Crippen molar-refractivity contribution in [3.05, 3.63) is 30.3 Å². The Morgan fingerprint density at radius 1 is 1.36 bits per heavy atom. The van der Waals surface area contributed by atoms with Gasteiger partial charge in [-0.25, -0.2) is 0 Å². The van der Waals surface area contributed by atoms with E-state index in [1.54, 1.807) is 0 Å². The van der Waals surface area contributed by atoms with Gasteiger partial charge in [-0.2, -0.15) is 0 Å². The van der Waals surface area contributed by atoms with Gasteiger partial charge in [-0.15, -0.1) is 0 Å². The van der Waals surface area contributed by atoms with Gasteiger partial charge in [0.15, 0.2) is 0 Å². The SMILES string of the molecule is C[C@@H](O)C[Se]c1ccccc1. The predicted octanol–water partition coefficient (Wildman–Crippen LogP) is 0.815. The molecule has 0 unspecified atom stereocenters. The normalized spacial score (nSPS) is 12.9. The van der Waals surface area contributed by atoms with E-state index in [1.165, 1.54) is 4.46 Å². The van der Waals surface area contributed by atoms with E-state index in [-0.39, 0.29) is 6.10 Å². The first kappa shape index (κ1) is 8.79. The molecule has 0 saturated heterocycles. The third kappa shape index (κ3) is 3.57.